The molecule has 2 aromatic carbocycles. The maximum atomic E-state index is 12.9. The maximum Gasteiger partial charge on any atom is 0.265 e. The van der Waals surface area contributed by atoms with Crippen LogP contribution in [0.25, 0.3) is 0 Å². The average Bonchev–Trinajstić information content (AvgIpc) is 2.62. The molecule has 1 fully saturated rings. The summed E-state index contributed by atoms with van der Waals surface area (Å²) in [4.78, 5) is 2.12. The molecule has 1 aliphatic heterocycles. The normalized spacial score (nSPS) is 15.0. The summed E-state index contributed by atoms with van der Waals surface area (Å²) in [5.41, 5.74) is 1.40. The summed E-state index contributed by atoms with van der Waals surface area (Å²) in [6.07, 6.45) is 0. The lowest BCUT2D eigenvalue weighted by molar-refractivity contribution is 0.122. The van der Waals surface area contributed by atoms with Gasteiger partial charge in [0.15, 0.2) is 5.75 Å². The van der Waals surface area contributed by atoms with Crippen molar-refractivity contribution in [2.75, 3.05) is 43.0 Å². The summed E-state index contributed by atoms with van der Waals surface area (Å²) < 4.78 is 39.4. The Hall–Kier alpha value is -1.48. The SMILES string of the molecule is COc1c(Br)cc(Cl)cc1S(=O)(=O)Nc1cccc(N2CCOCC2)c1. The topological polar surface area (TPSA) is 67.9 Å². The third-order valence-corrected chi connectivity index (χ3v) is 6.14. The van der Waals surface area contributed by atoms with Crippen LogP contribution >= 0.6 is 27.5 Å². The van der Waals surface area contributed by atoms with Crippen LogP contribution in [0.3, 0.4) is 0 Å². The van der Waals surface area contributed by atoms with Gasteiger partial charge in [0, 0.05) is 23.8 Å². The first-order valence-corrected chi connectivity index (χ1v) is 10.5. The highest BCUT2D eigenvalue weighted by atomic mass is 79.9. The smallest absolute Gasteiger partial charge is 0.265 e. The van der Waals surface area contributed by atoms with Crippen LogP contribution in [-0.2, 0) is 14.8 Å². The van der Waals surface area contributed by atoms with Gasteiger partial charge in [-0.3, -0.25) is 4.72 Å². The molecule has 0 amide bonds. The lowest BCUT2D eigenvalue weighted by atomic mass is 10.2. The van der Waals surface area contributed by atoms with E-state index >= 15 is 0 Å². The summed E-state index contributed by atoms with van der Waals surface area (Å²) in [6.45, 7) is 2.85. The number of methoxy groups -OCH3 is 1. The third-order valence-electron chi connectivity index (χ3n) is 3.94. The molecule has 0 unspecified atom stereocenters. The predicted molar refractivity (Wildman–Crippen MR) is 106 cm³/mol. The molecule has 1 heterocycles. The Morgan fingerprint density at radius 3 is 2.65 bits per heavy atom. The van der Waals surface area contributed by atoms with Gasteiger partial charge in [0.1, 0.15) is 4.90 Å². The van der Waals surface area contributed by atoms with Gasteiger partial charge in [0.2, 0.25) is 0 Å². The van der Waals surface area contributed by atoms with Crippen LogP contribution in [0.1, 0.15) is 0 Å². The van der Waals surface area contributed by atoms with Crippen molar-refractivity contribution < 1.29 is 17.9 Å². The van der Waals surface area contributed by atoms with Crippen LogP contribution in [-0.4, -0.2) is 41.8 Å². The van der Waals surface area contributed by atoms with E-state index in [1.807, 2.05) is 12.1 Å². The van der Waals surface area contributed by atoms with Gasteiger partial charge < -0.3 is 14.4 Å². The lowest BCUT2D eigenvalue weighted by Gasteiger charge is -2.29. The molecular formula is C17H18BrClN2O4S. The second-order valence-electron chi connectivity index (χ2n) is 5.67. The largest absolute Gasteiger partial charge is 0.494 e. The molecule has 2 aromatic rings. The molecule has 3 rings (SSSR count). The number of nitrogens with zero attached hydrogens (tertiary/aromatic N) is 1. The van der Waals surface area contributed by atoms with E-state index in [9.17, 15) is 8.42 Å². The van der Waals surface area contributed by atoms with E-state index < -0.39 is 10.0 Å². The van der Waals surface area contributed by atoms with Gasteiger partial charge in [-0.15, -0.1) is 0 Å². The number of morpholine rings is 1. The fraction of sp³-hybridized carbons (Fsp3) is 0.294. The van der Waals surface area contributed by atoms with Crippen molar-refractivity contribution in [2.24, 2.45) is 0 Å². The Morgan fingerprint density at radius 2 is 1.96 bits per heavy atom. The maximum absolute atomic E-state index is 12.9. The molecule has 0 aliphatic carbocycles. The quantitative estimate of drug-likeness (QED) is 0.734. The van der Waals surface area contributed by atoms with E-state index in [1.54, 1.807) is 18.2 Å². The first kappa shape index (κ1) is 19.3. The number of benzene rings is 2. The van der Waals surface area contributed by atoms with Gasteiger partial charge in [-0.25, -0.2) is 8.42 Å². The van der Waals surface area contributed by atoms with Crippen LogP contribution in [0.2, 0.25) is 5.02 Å². The van der Waals surface area contributed by atoms with E-state index in [0.717, 1.165) is 18.8 Å². The Kier molecular flexibility index (Phi) is 5.96. The zero-order valence-electron chi connectivity index (χ0n) is 14.0. The molecule has 0 bridgehead atoms. The van der Waals surface area contributed by atoms with Crippen LogP contribution < -0.4 is 14.4 Å². The van der Waals surface area contributed by atoms with Crippen LogP contribution in [0.5, 0.6) is 5.75 Å². The summed E-state index contributed by atoms with van der Waals surface area (Å²) in [6, 6.07) is 10.2. The molecule has 1 aliphatic rings. The molecule has 0 aromatic heterocycles. The molecule has 6 nitrogen and oxygen atoms in total. The monoisotopic (exact) mass is 460 g/mol. The van der Waals surface area contributed by atoms with E-state index in [1.165, 1.54) is 13.2 Å². The van der Waals surface area contributed by atoms with Crippen molar-refractivity contribution in [1.29, 1.82) is 0 Å². The van der Waals surface area contributed by atoms with Crippen molar-refractivity contribution >= 4 is 48.9 Å². The molecular weight excluding hydrogens is 444 g/mol. The number of hydrogen-bond donors (Lipinski definition) is 1. The number of anilines is 2. The predicted octanol–water partition coefficient (Wildman–Crippen LogP) is 3.75. The highest BCUT2D eigenvalue weighted by Crippen LogP contribution is 2.36. The number of sulfonamides is 1. The molecule has 26 heavy (non-hydrogen) atoms. The van der Waals surface area contributed by atoms with Gasteiger partial charge in [-0.1, -0.05) is 17.7 Å². The Bertz CT molecular complexity index is 902. The minimum absolute atomic E-state index is 0.0313. The summed E-state index contributed by atoms with van der Waals surface area (Å²) in [7, 11) is -2.47. The molecule has 0 atom stereocenters. The minimum Gasteiger partial charge on any atom is -0.494 e. The van der Waals surface area contributed by atoms with Crippen LogP contribution in [0.4, 0.5) is 11.4 Å². The van der Waals surface area contributed by atoms with Crippen molar-refractivity contribution in [3.63, 3.8) is 0 Å². The Morgan fingerprint density at radius 1 is 1.23 bits per heavy atom. The molecule has 0 spiro atoms. The Labute approximate surface area is 166 Å². The third kappa shape index (κ3) is 4.25. The fourth-order valence-corrected chi connectivity index (χ4v) is 5.17. The van der Waals surface area contributed by atoms with Crippen LogP contribution in [0.15, 0.2) is 45.8 Å². The second-order valence-corrected chi connectivity index (χ2v) is 8.62. The van der Waals surface area contributed by atoms with Gasteiger partial charge in [0.05, 0.1) is 30.5 Å². The number of halogens is 2. The van der Waals surface area contributed by atoms with E-state index in [4.69, 9.17) is 21.1 Å². The van der Waals surface area contributed by atoms with E-state index in [0.29, 0.717) is 28.4 Å². The first-order chi connectivity index (χ1) is 12.4. The fourth-order valence-electron chi connectivity index (χ4n) is 2.73. The average molecular weight is 462 g/mol. The number of ether oxygens (including phenoxy) is 2. The molecule has 1 saturated heterocycles. The summed E-state index contributed by atoms with van der Waals surface area (Å²) in [5.74, 6) is 0.200. The van der Waals surface area contributed by atoms with Crippen molar-refractivity contribution in [1.82, 2.24) is 0 Å². The lowest BCUT2D eigenvalue weighted by Crippen LogP contribution is -2.36. The molecule has 0 radical (unpaired) electrons. The van der Waals surface area contributed by atoms with Gasteiger partial charge in [0.25, 0.3) is 10.0 Å². The van der Waals surface area contributed by atoms with Gasteiger partial charge in [-0.2, -0.15) is 0 Å². The molecule has 9 heteroatoms. The van der Waals surface area contributed by atoms with Crippen molar-refractivity contribution in [3.05, 3.63) is 45.9 Å². The standard InChI is InChI=1S/C17H18BrClN2O4S/c1-24-17-15(18)9-12(19)10-16(17)26(22,23)20-13-3-2-4-14(11-13)21-5-7-25-8-6-21/h2-4,9-11,20H,5-8H2,1H3. The zero-order valence-corrected chi connectivity index (χ0v) is 17.2. The zero-order chi connectivity index (χ0) is 18.7. The van der Waals surface area contributed by atoms with Gasteiger partial charge >= 0.3 is 0 Å². The number of hydrogen-bond acceptors (Lipinski definition) is 5. The number of nitrogens with one attached hydrogen (secondary N) is 1. The van der Waals surface area contributed by atoms with Crippen molar-refractivity contribution in [3.8, 4) is 5.75 Å². The minimum atomic E-state index is -3.88. The molecule has 1 N–H and O–H groups in total. The van der Waals surface area contributed by atoms with Crippen LogP contribution in [0, 0.1) is 0 Å². The molecule has 140 valence electrons. The number of rotatable bonds is 5. The highest BCUT2D eigenvalue weighted by molar-refractivity contribution is 9.10. The summed E-state index contributed by atoms with van der Waals surface area (Å²) in [5, 5.41) is 0.292. The first-order valence-electron chi connectivity index (χ1n) is 7.89. The summed E-state index contributed by atoms with van der Waals surface area (Å²) >= 11 is 9.30. The Balaban J connectivity index is 1.91. The van der Waals surface area contributed by atoms with E-state index in [2.05, 4.69) is 25.6 Å². The van der Waals surface area contributed by atoms with Gasteiger partial charge in [-0.05, 0) is 46.3 Å². The van der Waals surface area contributed by atoms with E-state index in [-0.39, 0.29) is 10.6 Å². The molecule has 0 saturated carbocycles. The van der Waals surface area contributed by atoms with Crippen molar-refractivity contribution in [2.45, 2.75) is 4.90 Å². The highest BCUT2D eigenvalue weighted by Gasteiger charge is 2.23. The second kappa shape index (κ2) is 8.04.